The second-order valence-corrected chi connectivity index (χ2v) is 4.04. The first-order valence-corrected chi connectivity index (χ1v) is 5.63. The minimum absolute atomic E-state index is 0.163. The molecule has 0 aliphatic carbocycles. The van der Waals surface area contributed by atoms with Crippen LogP contribution in [-0.2, 0) is 14.3 Å². The summed E-state index contributed by atoms with van der Waals surface area (Å²) in [6.45, 7) is 0.775. The first kappa shape index (κ1) is 11.6. The monoisotopic (exact) mass is 234 g/mol. The molecule has 0 radical (unpaired) electrons. The molecule has 1 fully saturated rings. The molecule has 0 amide bonds. The van der Waals surface area contributed by atoms with E-state index in [1.165, 1.54) is 0 Å². The minimum Gasteiger partial charge on any atom is -0.465 e. The fourth-order valence-electron chi connectivity index (χ4n) is 1.73. The number of cyclic esters (lactones) is 1. The highest BCUT2D eigenvalue weighted by Crippen LogP contribution is 2.17. The topological polar surface area (TPSA) is 52.6 Å². The van der Waals surface area contributed by atoms with Gasteiger partial charge in [-0.1, -0.05) is 18.2 Å². The Kier molecular flexibility index (Phi) is 3.75. The molecule has 1 saturated heterocycles. The van der Waals surface area contributed by atoms with Gasteiger partial charge in [0.05, 0.1) is 25.2 Å². The van der Waals surface area contributed by atoms with E-state index in [1.54, 1.807) is 24.3 Å². The number of hydrogen-bond acceptors (Lipinski definition) is 4. The third kappa shape index (κ3) is 3.31. The Hall–Kier alpha value is -1.84. The van der Waals surface area contributed by atoms with Gasteiger partial charge in [-0.05, 0) is 18.6 Å². The average molecular weight is 234 g/mol. The second-order valence-electron chi connectivity index (χ2n) is 4.04. The Labute approximate surface area is 99.5 Å². The van der Waals surface area contributed by atoms with Crippen LogP contribution in [0.2, 0.25) is 0 Å². The molecule has 4 heteroatoms. The van der Waals surface area contributed by atoms with Crippen molar-refractivity contribution < 1.29 is 19.1 Å². The third-order valence-corrected chi connectivity index (χ3v) is 2.70. The number of rotatable bonds is 4. The van der Waals surface area contributed by atoms with Crippen LogP contribution in [0.4, 0.5) is 0 Å². The maximum absolute atomic E-state index is 11.6. The molecule has 0 saturated carbocycles. The van der Waals surface area contributed by atoms with Gasteiger partial charge in [0.1, 0.15) is 0 Å². The van der Waals surface area contributed by atoms with Crippen molar-refractivity contribution in [2.24, 2.45) is 5.92 Å². The summed E-state index contributed by atoms with van der Waals surface area (Å²) < 4.78 is 9.95. The lowest BCUT2D eigenvalue weighted by atomic mass is 10.1. The van der Waals surface area contributed by atoms with Crippen molar-refractivity contribution in [1.82, 2.24) is 0 Å². The molecule has 1 aliphatic heterocycles. The fourth-order valence-corrected chi connectivity index (χ4v) is 1.73. The van der Waals surface area contributed by atoms with E-state index in [0.717, 1.165) is 0 Å². The molecule has 4 nitrogen and oxygen atoms in total. The predicted octanol–water partition coefficient (Wildman–Crippen LogP) is 1.80. The number of hydrogen-bond donors (Lipinski definition) is 0. The molecule has 0 spiro atoms. The lowest BCUT2D eigenvalue weighted by Crippen LogP contribution is -2.10. The van der Waals surface area contributed by atoms with Crippen LogP contribution in [0.15, 0.2) is 30.3 Å². The summed E-state index contributed by atoms with van der Waals surface area (Å²) in [4.78, 5) is 22.4. The lowest BCUT2D eigenvalue weighted by molar-refractivity contribution is -0.137. The number of carbonyl (C=O) groups excluding carboxylic acids is 2. The Bertz CT molecular complexity index is 399. The molecule has 0 aromatic heterocycles. The van der Waals surface area contributed by atoms with Crippen molar-refractivity contribution in [3.05, 3.63) is 35.9 Å². The van der Waals surface area contributed by atoms with Crippen LogP contribution in [0, 0.1) is 5.92 Å². The summed E-state index contributed by atoms with van der Waals surface area (Å²) in [6, 6.07) is 8.85. The van der Waals surface area contributed by atoms with Crippen LogP contribution in [-0.4, -0.2) is 25.2 Å². The molecule has 1 aromatic carbocycles. The highest BCUT2D eigenvalue weighted by atomic mass is 16.5. The molecular weight excluding hydrogens is 220 g/mol. The van der Waals surface area contributed by atoms with E-state index in [9.17, 15) is 9.59 Å². The molecule has 0 unspecified atom stereocenters. The summed E-state index contributed by atoms with van der Waals surface area (Å²) in [5.41, 5.74) is 0.547. The van der Waals surface area contributed by atoms with Gasteiger partial charge >= 0.3 is 11.9 Å². The Morgan fingerprint density at radius 2 is 2.12 bits per heavy atom. The van der Waals surface area contributed by atoms with E-state index in [-0.39, 0.29) is 17.9 Å². The molecule has 90 valence electrons. The van der Waals surface area contributed by atoms with Gasteiger partial charge < -0.3 is 9.47 Å². The van der Waals surface area contributed by atoms with Gasteiger partial charge in [0.2, 0.25) is 0 Å². The zero-order valence-corrected chi connectivity index (χ0v) is 9.43. The van der Waals surface area contributed by atoms with Gasteiger partial charge in [0, 0.05) is 5.92 Å². The van der Waals surface area contributed by atoms with Crippen LogP contribution in [0.1, 0.15) is 23.2 Å². The highest BCUT2D eigenvalue weighted by Gasteiger charge is 2.23. The molecule has 1 aliphatic rings. The maximum Gasteiger partial charge on any atom is 0.338 e. The van der Waals surface area contributed by atoms with E-state index in [1.807, 2.05) is 6.07 Å². The number of ether oxygens (including phenoxy) is 2. The Morgan fingerprint density at radius 1 is 1.35 bits per heavy atom. The van der Waals surface area contributed by atoms with E-state index in [0.29, 0.717) is 31.6 Å². The van der Waals surface area contributed by atoms with Crippen LogP contribution < -0.4 is 0 Å². The molecule has 17 heavy (non-hydrogen) atoms. The molecular formula is C13H14O4. The predicted molar refractivity (Wildman–Crippen MR) is 60.4 cm³/mol. The van der Waals surface area contributed by atoms with Crippen LogP contribution >= 0.6 is 0 Å². The van der Waals surface area contributed by atoms with Gasteiger partial charge in [-0.3, -0.25) is 4.79 Å². The van der Waals surface area contributed by atoms with Gasteiger partial charge in [0.15, 0.2) is 0 Å². The molecule has 0 N–H and O–H groups in total. The number of esters is 2. The molecule has 2 rings (SSSR count). The van der Waals surface area contributed by atoms with Crippen LogP contribution in [0.25, 0.3) is 0 Å². The van der Waals surface area contributed by atoms with Crippen molar-refractivity contribution in [3.63, 3.8) is 0 Å². The van der Waals surface area contributed by atoms with Gasteiger partial charge in [0.25, 0.3) is 0 Å². The second kappa shape index (κ2) is 5.48. The zero-order chi connectivity index (χ0) is 12.1. The van der Waals surface area contributed by atoms with Gasteiger partial charge in [-0.15, -0.1) is 0 Å². The largest absolute Gasteiger partial charge is 0.465 e. The van der Waals surface area contributed by atoms with Crippen LogP contribution in [0.3, 0.4) is 0 Å². The summed E-state index contributed by atoms with van der Waals surface area (Å²) in [6.07, 6.45) is 1.10. The van der Waals surface area contributed by atoms with E-state index in [4.69, 9.17) is 9.47 Å². The van der Waals surface area contributed by atoms with Crippen molar-refractivity contribution in [1.29, 1.82) is 0 Å². The quantitative estimate of drug-likeness (QED) is 0.745. The van der Waals surface area contributed by atoms with Crippen molar-refractivity contribution >= 4 is 11.9 Å². The van der Waals surface area contributed by atoms with E-state index >= 15 is 0 Å². The first-order chi connectivity index (χ1) is 8.25. The SMILES string of the molecule is O=C1C[C@@H](CCOC(=O)c2ccccc2)CO1. The maximum atomic E-state index is 11.6. The molecule has 0 bridgehead atoms. The van der Waals surface area contributed by atoms with Gasteiger partial charge in [-0.2, -0.15) is 0 Å². The van der Waals surface area contributed by atoms with Crippen molar-refractivity contribution in [2.45, 2.75) is 12.8 Å². The summed E-state index contributed by atoms with van der Waals surface area (Å²) in [7, 11) is 0. The van der Waals surface area contributed by atoms with E-state index in [2.05, 4.69) is 0 Å². The van der Waals surface area contributed by atoms with Gasteiger partial charge in [-0.25, -0.2) is 4.79 Å². The fraction of sp³-hybridized carbons (Fsp3) is 0.385. The van der Waals surface area contributed by atoms with E-state index < -0.39 is 0 Å². The molecule has 1 heterocycles. The normalized spacial score (nSPS) is 18.8. The number of carbonyl (C=O) groups is 2. The van der Waals surface area contributed by atoms with Crippen molar-refractivity contribution in [3.8, 4) is 0 Å². The summed E-state index contributed by atoms with van der Waals surface area (Å²) in [5, 5.41) is 0. The Balaban J connectivity index is 1.72. The molecule has 1 atom stereocenters. The summed E-state index contributed by atoms with van der Waals surface area (Å²) in [5.74, 6) is -0.300. The smallest absolute Gasteiger partial charge is 0.338 e. The highest BCUT2D eigenvalue weighted by molar-refractivity contribution is 5.89. The number of benzene rings is 1. The standard InChI is InChI=1S/C13H14O4/c14-12-8-10(9-17-12)6-7-16-13(15)11-4-2-1-3-5-11/h1-5,10H,6-9H2/t10-/m1/s1. The summed E-state index contributed by atoms with van der Waals surface area (Å²) >= 11 is 0. The molecule has 1 aromatic rings. The average Bonchev–Trinajstić information content (AvgIpc) is 2.76. The lowest BCUT2D eigenvalue weighted by Gasteiger charge is -2.07. The zero-order valence-electron chi connectivity index (χ0n) is 9.43. The third-order valence-electron chi connectivity index (χ3n) is 2.70. The van der Waals surface area contributed by atoms with Crippen LogP contribution in [0.5, 0.6) is 0 Å². The Morgan fingerprint density at radius 3 is 2.76 bits per heavy atom. The minimum atomic E-state index is -0.323. The van der Waals surface area contributed by atoms with Crippen molar-refractivity contribution in [2.75, 3.05) is 13.2 Å². The first-order valence-electron chi connectivity index (χ1n) is 5.63.